The molecule has 0 bridgehead atoms. The van der Waals surface area contributed by atoms with E-state index in [1.165, 1.54) is 0 Å². The van der Waals surface area contributed by atoms with E-state index in [2.05, 4.69) is 52.3 Å². The molecule has 1 saturated heterocycles. The summed E-state index contributed by atoms with van der Waals surface area (Å²) in [6.45, 7) is 8.73. The number of benzene rings is 1. The molecule has 0 aliphatic carbocycles. The molecular formula is C21H30ClN5O. The Morgan fingerprint density at radius 2 is 2.14 bits per heavy atom. The summed E-state index contributed by atoms with van der Waals surface area (Å²) in [5, 5.41) is 7.61. The Morgan fingerprint density at radius 3 is 2.82 bits per heavy atom. The van der Waals surface area contributed by atoms with E-state index in [0.717, 1.165) is 48.4 Å². The van der Waals surface area contributed by atoms with Crippen molar-refractivity contribution in [2.45, 2.75) is 51.6 Å². The van der Waals surface area contributed by atoms with Gasteiger partial charge in [-0.25, -0.2) is 4.98 Å². The van der Waals surface area contributed by atoms with E-state index in [1.54, 1.807) is 13.2 Å². The van der Waals surface area contributed by atoms with Gasteiger partial charge < -0.3 is 20.0 Å². The third kappa shape index (κ3) is 5.19. The number of oxazole rings is 1. The Balaban J connectivity index is 1.56. The van der Waals surface area contributed by atoms with Crippen molar-refractivity contribution in [1.29, 1.82) is 0 Å². The number of nitrogens with zero attached hydrogens (tertiary/aromatic N) is 3. The molecule has 1 aromatic carbocycles. The van der Waals surface area contributed by atoms with Crippen LogP contribution in [0.25, 0.3) is 0 Å². The third-order valence-electron chi connectivity index (χ3n) is 4.88. The number of guanidine groups is 1. The second-order valence-electron chi connectivity index (χ2n) is 8.17. The van der Waals surface area contributed by atoms with Gasteiger partial charge in [0.25, 0.3) is 0 Å². The van der Waals surface area contributed by atoms with Crippen LogP contribution in [0.3, 0.4) is 0 Å². The average molecular weight is 404 g/mol. The maximum Gasteiger partial charge on any atom is 0.213 e. The van der Waals surface area contributed by atoms with Crippen LogP contribution < -0.4 is 15.5 Å². The second kappa shape index (κ2) is 8.86. The number of aromatic nitrogens is 1. The summed E-state index contributed by atoms with van der Waals surface area (Å²) in [5.41, 5.74) is 1.04. The predicted octanol–water partition coefficient (Wildman–Crippen LogP) is 3.96. The molecule has 2 N–H and O–H groups in total. The molecule has 1 atom stereocenters. The van der Waals surface area contributed by atoms with Crippen molar-refractivity contribution < 1.29 is 4.42 Å². The van der Waals surface area contributed by atoms with Crippen LogP contribution >= 0.6 is 11.6 Å². The van der Waals surface area contributed by atoms with Crippen molar-refractivity contribution in [3.8, 4) is 0 Å². The number of halogens is 1. The van der Waals surface area contributed by atoms with E-state index in [9.17, 15) is 0 Å². The van der Waals surface area contributed by atoms with Crippen LogP contribution in [0.2, 0.25) is 5.02 Å². The molecule has 0 radical (unpaired) electrons. The number of hydrogen-bond acceptors (Lipinski definition) is 4. The highest BCUT2D eigenvalue weighted by Gasteiger charge is 2.23. The topological polar surface area (TPSA) is 65.7 Å². The minimum atomic E-state index is -0.0462. The lowest BCUT2D eigenvalue weighted by Gasteiger charge is -2.35. The van der Waals surface area contributed by atoms with Crippen LogP contribution in [0.1, 0.15) is 45.3 Å². The van der Waals surface area contributed by atoms with E-state index in [1.807, 2.05) is 18.2 Å². The Bertz CT molecular complexity index is 811. The normalized spacial score (nSPS) is 18.2. The van der Waals surface area contributed by atoms with Gasteiger partial charge in [-0.15, -0.1) is 0 Å². The molecule has 0 spiro atoms. The second-order valence-corrected chi connectivity index (χ2v) is 8.58. The molecule has 1 aliphatic rings. The number of rotatable bonds is 4. The summed E-state index contributed by atoms with van der Waals surface area (Å²) >= 11 is 6.37. The van der Waals surface area contributed by atoms with Gasteiger partial charge in [0.15, 0.2) is 5.96 Å². The minimum absolute atomic E-state index is 0.0462. The highest BCUT2D eigenvalue weighted by atomic mass is 35.5. The van der Waals surface area contributed by atoms with E-state index in [0.29, 0.717) is 18.5 Å². The smallest absolute Gasteiger partial charge is 0.213 e. The van der Waals surface area contributed by atoms with Crippen molar-refractivity contribution in [1.82, 2.24) is 15.6 Å². The van der Waals surface area contributed by atoms with Gasteiger partial charge in [-0.2, -0.15) is 0 Å². The van der Waals surface area contributed by atoms with Gasteiger partial charge in [0.05, 0.1) is 23.5 Å². The number of anilines is 1. The van der Waals surface area contributed by atoms with Crippen LogP contribution in [-0.2, 0) is 12.0 Å². The Hall–Kier alpha value is -2.21. The van der Waals surface area contributed by atoms with Gasteiger partial charge in [-0.3, -0.25) is 4.99 Å². The molecule has 28 heavy (non-hydrogen) atoms. The molecule has 1 aliphatic heterocycles. The molecule has 1 unspecified atom stereocenters. The van der Waals surface area contributed by atoms with Crippen molar-refractivity contribution >= 4 is 23.2 Å². The number of para-hydroxylation sites is 1. The van der Waals surface area contributed by atoms with Crippen molar-refractivity contribution in [2.24, 2.45) is 4.99 Å². The third-order valence-corrected chi connectivity index (χ3v) is 5.20. The highest BCUT2D eigenvalue weighted by Crippen LogP contribution is 2.27. The maximum absolute atomic E-state index is 6.37. The van der Waals surface area contributed by atoms with Gasteiger partial charge in [0, 0.05) is 31.6 Å². The first-order chi connectivity index (χ1) is 13.4. The van der Waals surface area contributed by atoms with Crippen LogP contribution in [0.15, 0.2) is 39.9 Å². The molecule has 6 nitrogen and oxygen atoms in total. The maximum atomic E-state index is 6.37. The Kier molecular flexibility index (Phi) is 6.50. The molecule has 1 aromatic heterocycles. The summed E-state index contributed by atoms with van der Waals surface area (Å²) in [6.07, 6.45) is 4.00. The lowest BCUT2D eigenvalue weighted by atomic mass is 9.94. The fraction of sp³-hybridized carbons (Fsp3) is 0.524. The van der Waals surface area contributed by atoms with E-state index < -0.39 is 0 Å². The summed E-state index contributed by atoms with van der Waals surface area (Å²) in [6, 6.07) is 8.31. The van der Waals surface area contributed by atoms with Gasteiger partial charge >= 0.3 is 0 Å². The fourth-order valence-corrected chi connectivity index (χ4v) is 3.56. The molecular weight excluding hydrogens is 374 g/mol. The lowest BCUT2D eigenvalue weighted by Crippen LogP contribution is -2.51. The molecule has 1 fully saturated rings. The van der Waals surface area contributed by atoms with Gasteiger partial charge in [0.1, 0.15) is 5.76 Å². The highest BCUT2D eigenvalue weighted by molar-refractivity contribution is 6.33. The molecule has 2 heterocycles. The summed E-state index contributed by atoms with van der Waals surface area (Å²) < 4.78 is 5.84. The Labute approximate surface area is 172 Å². The Morgan fingerprint density at radius 1 is 1.36 bits per heavy atom. The quantitative estimate of drug-likeness (QED) is 0.597. The van der Waals surface area contributed by atoms with Crippen molar-refractivity contribution in [3.63, 3.8) is 0 Å². The van der Waals surface area contributed by atoms with Crippen LogP contribution in [0.5, 0.6) is 0 Å². The van der Waals surface area contributed by atoms with Crippen molar-refractivity contribution in [3.05, 3.63) is 47.1 Å². The largest absolute Gasteiger partial charge is 0.443 e. The van der Waals surface area contributed by atoms with E-state index in [4.69, 9.17) is 16.0 Å². The zero-order valence-corrected chi connectivity index (χ0v) is 17.9. The van der Waals surface area contributed by atoms with Gasteiger partial charge in [-0.05, 0) is 25.0 Å². The summed E-state index contributed by atoms with van der Waals surface area (Å²) in [7, 11) is 1.78. The number of piperidine rings is 1. The first-order valence-electron chi connectivity index (χ1n) is 9.78. The molecule has 0 saturated carbocycles. The monoisotopic (exact) mass is 403 g/mol. The number of nitrogens with one attached hydrogen (secondary N) is 2. The van der Waals surface area contributed by atoms with Crippen LogP contribution in [0, 0.1) is 0 Å². The van der Waals surface area contributed by atoms with Crippen LogP contribution in [0.4, 0.5) is 5.69 Å². The number of aliphatic imine (C=N–C) groups is 1. The van der Waals surface area contributed by atoms with Gasteiger partial charge in [0.2, 0.25) is 5.89 Å². The molecule has 3 rings (SSSR count). The lowest BCUT2D eigenvalue weighted by molar-refractivity contribution is 0.379. The molecule has 0 amide bonds. The molecule has 7 heteroatoms. The van der Waals surface area contributed by atoms with E-state index >= 15 is 0 Å². The average Bonchev–Trinajstić information content (AvgIpc) is 3.15. The fourth-order valence-electron chi connectivity index (χ4n) is 3.31. The SMILES string of the molecule is CN=C(NCc1ncc(C(C)(C)C)o1)NC1CCCN(c2ccccc2Cl)C1. The molecule has 152 valence electrons. The summed E-state index contributed by atoms with van der Waals surface area (Å²) in [5.74, 6) is 2.30. The standard InChI is InChI=1S/C21H30ClN5O/c1-21(2,3)18-12-24-19(28-18)13-25-20(23-4)26-15-8-7-11-27(14-15)17-10-6-5-9-16(17)22/h5-6,9-10,12,15H,7-8,11,13-14H2,1-4H3,(H2,23,25,26). The minimum Gasteiger partial charge on any atom is -0.443 e. The zero-order chi connectivity index (χ0) is 20.1. The summed E-state index contributed by atoms with van der Waals surface area (Å²) in [4.78, 5) is 11.0. The predicted molar refractivity (Wildman–Crippen MR) is 115 cm³/mol. The first kappa shape index (κ1) is 20.5. The first-order valence-corrected chi connectivity index (χ1v) is 10.2. The van der Waals surface area contributed by atoms with Crippen LogP contribution in [-0.4, -0.2) is 37.1 Å². The zero-order valence-electron chi connectivity index (χ0n) is 17.1. The van der Waals surface area contributed by atoms with Gasteiger partial charge in [-0.1, -0.05) is 44.5 Å². The number of hydrogen-bond donors (Lipinski definition) is 2. The van der Waals surface area contributed by atoms with Crippen molar-refractivity contribution in [2.75, 3.05) is 25.0 Å². The molecule has 2 aromatic rings. The van der Waals surface area contributed by atoms with E-state index in [-0.39, 0.29) is 5.41 Å².